The summed E-state index contributed by atoms with van der Waals surface area (Å²) in [6, 6.07) is 1.16. The van der Waals surface area contributed by atoms with Crippen LogP contribution in [0.4, 0.5) is 5.69 Å². The lowest BCUT2D eigenvalue weighted by molar-refractivity contribution is -0.386. The standard InChI is InChI=1S/C7H7N2O3/c1-4-3-6(10)8-5(2)7(4)9(11)12/h3H,1-2H3. The number of nitro groups is 1. The highest BCUT2D eigenvalue weighted by Crippen LogP contribution is 2.23. The molecule has 0 amide bonds. The molecule has 1 heterocycles. The van der Waals surface area contributed by atoms with E-state index in [-0.39, 0.29) is 11.4 Å². The van der Waals surface area contributed by atoms with Gasteiger partial charge in [0.05, 0.1) is 4.92 Å². The first-order chi connectivity index (χ1) is 5.52. The van der Waals surface area contributed by atoms with Crippen molar-refractivity contribution in [2.45, 2.75) is 13.8 Å². The smallest absolute Gasteiger partial charge is 0.267 e. The minimum atomic E-state index is -0.531. The number of aromatic nitrogens is 1. The van der Waals surface area contributed by atoms with Crippen LogP contribution in [-0.2, 0) is 5.11 Å². The predicted octanol–water partition coefficient (Wildman–Crippen LogP) is 1.75. The largest absolute Gasteiger partial charge is 0.293 e. The van der Waals surface area contributed by atoms with E-state index in [9.17, 15) is 15.2 Å². The minimum Gasteiger partial charge on any atom is -0.267 e. The van der Waals surface area contributed by atoms with Crippen LogP contribution in [0, 0.1) is 24.0 Å². The van der Waals surface area contributed by atoms with Gasteiger partial charge in [-0.2, -0.15) is 0 Å². The van der Waals surface area contributed by atoms with Gasteiger partial charge in [0, 0.05) is 11.6 Å². The van der Waals surface area contributed by atoms with Gasteiger partial charge < -0.3 is 0 Å². The molecule has 0 aliphatic rings. The average molecular weight is 167 g/mol. The Morgan fingerprint density at radius 1 is 1.50 bits per heavy atom. The summed E-state index contributed by atoms with van der Waals surface area (Å²) < 4.78 is 0. The van der Waals surface area contributed by atoms with E-state index < -0.39 is 10.8 Å². The first-order valence-electron chi connectivity index (χ1n) is 3.32. The van der Waals surface area contributed by atoms with Crippen molar-refractivity contribution in [3.05, 3.63) is 27.4 Å². The van der Waals surface area contributed by atoms with E-state index in [1.807, 2.05) is 0 Å². The number of aryl methyl sites for hydroxylation is 2. The van der Waals surface area contributed by atoms with E-state index in [2.05, 4.69) is 4.98 Å². The molecule has 0 saturated carbocycles. The fraction of sp³-hybridized carbons (Fsp3) is 0.286. The highest BCUT2D eigenvalue weighted by molar-refractivity contribution is 5.44. The summed E-state index contributed by atoms with van der Waals surface area (Å²) in [5.74, 6) is -0.435. The zero-order valence-corrected chi connectivity index (χ0v) is 6.70. The summed E-state index contributed by atoms with van der Waals surface area (Å²) in [6.45, 7) is 2.97. The molecule has 63 valence electrons. The van der Waals surface area contributed by atoms with Crippen LogP contribution in [0.3, 0.4) is 0 Å². The fourth-order valence-corrected chi connectivity index (χ4v) is 1.07. The molecule has 12 heavy (non-hydrogen) atoms. The molecular weight excluding hydrogens is 160 g/mol. The summed E-state index contributed by atoms with van der Waals surface area (Å²) >= 11 is 0. The third-order valence-corrected chi connectivity index (χ3v) is 1.52. The van der Waals surface area contributed by atoms with Gasteiger partial charge in [-0.25, -0.2) is 4.98 Å². The Kier molecular flexibility index (Phi) is 1.95. The van der Waals surface area contributed by atoms with Crippen LogP contribution in [0.1, 0.15) is 11.3 Å². The predicted molar refractivity (Wildman–Crippen MR) is 40.5 cm³/mol. The maximum Gasteiger partial charge on any atom is 0.293 e. The molecule has 0 fully saturated rings. The topological polar surface area (TPSA) is 75.9 Å². The third-order valence-electron chi connectivity index (χ3n) is 1.52. The monoisotopic (exact) mass is 167 g/mol. The summed E-state index contributed by atoms with van der Waals surface area (Å²) in [7, 11) is 0. The Hall–Kier alpha value is -1.65. The molecule has 0 saturated heterocycles. The molecule has 1 rings (SSSR count). The SMILES string of the molecule is Cc1cc([O])nc(C)c1[N+](=O)[O-]. The van der Waals surface area contributed by atoms with Crippen molar-refractivity contribution in [2.24, 2.45) is 0 Å². The summed E-state index contributed by atoms with van der Waals surface area (Å²) in [5, 5.41) is 21.2. The molecule has 5 heteroatoms. The summed E-state index contributed by atoms with van der Waals surface area (Å²) in [5.41, 5.74) is 0.456. The number of pyridine rings is 1. The first-order valence-corrected chi connectivity index (χ1v) is 3.32. The maximum absolute atomic E-state index is 10.8. The molecule has 0 unspecified atom stereocenters. The Morgan fingerprint density at radius 3 is 2.50 bits per heavy atom. The molecule has 0 bridgehead atoms. The molecule has 1 aromatic heterocycles. The Bertz CT molecular complexity index is 312. The number of hydrogen-bond acceptors (Lipinski definition) is 3. The van der Waals surface area contributed by atoms with Crippen molar-refractivity contribution < 1.29 is 10.0 Å². The quantitative estimate of drug-likeness (QED) is 0.472. The van der Waals surface area contributed by atoms with Crippen molar-refractivity contribution in [1.82, 2.24) is 4.98 Å². The zero-order valence-electron chi connectivity index (χ0n) is 6.70. The molecule has 1 aromatic rings. The van der Waals surface area contributed by atoms with Crippen molar-refractivity contribution in [3.63, 3.8) is 0 Å². The highest BCUT2D eigenvalue weighted by Gasteiger charge is 2.16. The molecule has 1 radical (unpaired) electrons. The van der Waals surface area contributed by atoms with Gasteiger partial charge in [0.25, 0.3) is 11.6 Å². The van der Waals surface area contributed by atoms with Crippen LogP contribution in [-0.4, -0.2) is 9.91 Å². The molecule has 0 aromatic carbocycles. The van der Waals surface area contributed by atoms with Crippen LogP contribution >= 0.6 is 0 Å². The van der Waals surface area contributed by atoms with Crippen LogP contribution < -0.4 is 0 Å². The van der Waals surface area contributed by atoms with Crippen LogP contribution in [0.15, 0.2) is 6.07 Å². The van der Waals surface area contributed by atoms with E-state index >= 15 is 0 Å². The maximum atomic E-state index is 10.8. The van der Waals surface area contributed by atoms with Gasteiger partial charge in [0.1, 0.15) is 5.69 Å². The molecule has 0 spiro atoms. The lowest BCUT2D eigenvalue weighted by Gasteiger charge is -1.98. The molecular formula is C7H7N2O3. The van der Waals surface area contributed by atoms with E-state index in [4.69, 9.17) is 0 Å². The van der Waals surface area contributed by atoms with Gasteiger partial charge in [0.2, 0.25) is 0 Å². The molecule has 0 aliphatic carbocycles. The number of rotatable bonds is 1. The van der Waals surface area contributed by atoms with Gasteiger partial charge in [-0.3, -0.25) is 15.2 Å². The minimum absolute atomic E-state index is 0.0744. The van der Waals surface area contributed by atoms with E-state index in [0.717, 1.165) is 6.07 Å². The lowest BCUT2D eigenvalue weighted by atomic mass is 10.2. The van der Waals surface area contributed by atoms with E-state index in [1.54, 1.807) is 0 Å². The Labute approximate surface area is 68.8 Å². The third kappa shape index (κ3) is 1.34. The van der Waals surface area contributed by atoms with Crippen molar-refractivity contribution >= 4 is 5.69 Å². The van der Waals surface area contributed by atoms with Crippen molar-refractivity contribution in [3.8, 4) is 5.88 Å². The second-order valence-corrected chi connectivity index (χ2v) is 2.47. The number of hydrogen-bond donors (Lipinski definition) is 0. The second-order valence-electron chi connectivity index (χ2n) is 2.47. The van der Waals surface area contributed by atoms with Gasteiger partial charge in [-0.05, 0) is 13.8 Å². The van der Waals surface area contributed by atoms with E-state index in [0.29, 0.717) is 5.56 Å². The Balaban J connectivity index is 3.38. The summed E-state index contributed by atoms with van der Waals surface area (Å²) in [6.07, 6.45) is 0. The second kappa shape index (κ2) is 2.77. The van der Waals surface area contributed by atoms with Crippen LogP contribution in [0.5, 0.6) is 5.88 Å². The zero-order chi connectivity index (χ0) is 9.30. The fourth-order valence-electron chi connectivity index (χ4n) is 1.07. The molecule has 5 nitrogen and oxygen atoms in total. The van der Waals surface area contributed by atoms with Gasteiger partial charge in [-0.1, -0.05) is 0 Å². The molecule has 0 N–H and O–H groups in total. The van der Waals surface area contributed by atoms with Gasteiger partial charge >= 0.3 is 0 Å². The average Bonchev–Trinajstić information content (AvgIpc) is 1.82. The van der Waals surface area contributed by atoms with Gasteiger partial charge in [0.15, 0.2) is 0 Å². The van der Waals surface area contributed by atoms with E-state index in [1.165, 1.54) is 13.8 Å². The van der Waals surface area contributed by atoms with Crippen molar-refractivity contribution in [1.29, 1.82) is 0 Å². The number of nitrogens with zero attached hydrogens (tertiary/aromatic N) is 2. The Morgan fingerprint density at radius 2 is 2.08 bits per heavy atom. The van der Waals surface area contributed by atoms with Crippen LogP contribution in [0.2, 0.25) is 0 Å². The van der Waals surface area contributed by atoms with Gasteiger partial charge in [-0.15, -0.1) is 0 Å². The first kappa shape index (κ1) is 8.45. The highest BCUT2D eigenvalue weighted by atomic mass is 16.6. The van der Waals surface area contributed by atoms with Crippen LogP contribution in [0.25, 0.3) is 0 Å². The molecule has 0 aliphatic heterocycles. The van der Waals surface area contributed by atoms with Crippen molar-refractivity contribution in [2.75, 3.05) is 0 Å². The summed E-state index contributed by atoms with van der Waals surface area (Å²) in [4.78, 5) is 13.3. The molecule has 0 atom stereocenters. The normalized spacial score (nSPS) is 9.83. The lowest BCUT2D eigenvalue weighted by Crippen LogP contribution is -1.96.